The maximum Gasteiger partial charge on any atom is 0.162 e. The van der Waals surface area contributed by atoms with Crippen LogP contribution < -0.4 is 14.4 Å². The van der Waals surface area contributed by atoms with E-state index in [-0.39, 0.29) is 0 Å². The van der Waals surface area contributed by atoms with Crippen molar-refractivity contribution in [1.29, 1.82) is 0 Å². The number of hydrogen-bond acceptors (Lipinski definition) is 5. The van der Waals surface area contributed by atoms with Crippen molar-refractivity contribution in [3.63, 3.8) is 0 Å². The first-order valence-corrected chi connectivity index (χ1v) is 8.13. The molecule has 1 saturated heterocycles. The second-order valence-corrected chi connectivity index (χ2v) is 6.00. The number of anilines is 1. The molecule has 0 spiro atoms. The lowest BCUT2D eigenvalue weighted by Crippen LogP contribution is -2.34. The molecule has 124 valence electrons. The third kappa shape index (κ3) is 3.20. The SMILES string of the molecule is COc1cc2nccc(N3CCC(CCO)CC3)c2cc1OC. The van der Waals surface area contributed by atoms with E-state index in [4.69, 9.17) is 14.6 Å². The molecular weight excluding hydrogens is 292 g/mol. The molecule has 5 nitrogen and oxygen atoms in total. The van der Waals surface area contributed by atoms with Crippen LogP contribution in [0.5, 0.6) is 11.5 Å². The van der Waals surface area contributed by atoms with Crippen LogP contribution in [0.2, 0.25) is 0 Å². The summed E-state index contributed by atoms with van der Waals surface area (Å²) in [7, 11) is 3.29. The first kappa shape index (κ1) is 15.9. The normalized spacial score (nSPS) is 15.9. The molecule has 3 rings (SSSR count). The summed E-state index contributed by atoms with van der Waals surface area (Å²) in [4.78, 5) is 6.88. The molecule has 1 aliphatic rings. The maximum atomic E-state index is 9.10. The molecule has 2 aromatic rings. The minimum atomic E-state index is 0.292. The van der Waals surface area contributed by atoms with Crippen LogP contribution in [-0.2, 0) is 0 Å². The molecule has 0 amide bonds. The Morgan fingerprint density at radius 1 is 1.17 bits per heavy atom. The number of aliphatic hydroxyl groups excluding tert-OH is 1. The highest BCUT2D eigenvalue weighted by molar-refractivity contribution is 5.94. The highest BCUT2D eigenvalue weighted by atomic mass is 16.5. The molecule has 1 fully saturated rings. The van der Waals surface area contributed by atoms with E-state index in [1.807, 2.05) is 18.3 Å². The van der Waals surface area contributed by atoms with Crippen LogP contribution in [0.4, 0.5) is 5.69 Å². The summed E-state index contributed by atoms with van der Waals surface area (Å²) in [5, 5.41) is 10.2. The van der Waals surface area contributed by atoms with Gasteiger partial charge in [-0.25, -0.2) is 0 Å². The highest BCUT2D eigenvalue weighted by Crippen LogP contribution is 2.36. The highest BCUT2D eigenvalue weighted by Gasteiger charge is 2.21. The van der Waals surface area contributed by atoms with Crippen molar-refractivity contribution >= 4 is 16.6 Å². The van der Waals surface area contributed by atoms with Gasteiger partial charge in [0, 0.05) is 43.0 Å². The van der Waals surface area contributed by atoms with E-state index in [9.17, 15) is 0 Å². The lowest BCUT2D eigenvalue weighted by atomic mass is 9.93. The number of fused-ring (bicyclic) bond motifs is 1. The van der Waals surface area contributed by atoms with Crippen molar-refractivity contribution in [2.45, 2.75) is 19.3 Å². The average molecular weight is 316 g/mol. The molecule has 23 heavy (non-hydrogen) atoms. The van der Waals surface area contributed by atoms with Crippen molar-refractivity contribution in [1.82, 2.24) is 4.98 Å². The van der Waals surface area contributed by atoms with Gasteiger partial charge in [-0.05, 0) is 37.3 Å². The van der Waals surface area contributed by atoms with Gasteiger partial charge in [0.15, 0.2) is 11.5 Å². The molecule has 0 aliphatic carbocycles. The third-order valence-corrected chi connectivity index (χ3v) is 4.72. The number of aromatic nitrogens is 1. The first-order valence-electron chi connectivity index (χ1n) is 8.13. The number of pyridine rings is 1. The molecule has 2 heterocycles. The number of ether oxygens (including phenoxy) is 2. The summed E-state index contributed by atoms with van der Waals surface area (Å²) in [6.45, 7) is 2.32. The number of nitrogens with zero attached hydrogens (tertiary/aromatic N) is 2. The van der Waals surface area contributed by atoms with E-state index in [2.05, 4.69) is 16.0 Å². The summed E-state index contributed by atoms with van der Waals surface area (Å²) >= 11 is 0. The van der Waals surface area contributed by atoms with Crippen LogP contribution in [-0.4, -0.2) is 44.0 Å². The fraction of sp³-hybridized carbons (Fsp3) is 0.500. The Balaban J connectivity index is 1.92. The Morgan fingerprint density at radius 2 is 1.87 bits per heavy atom. The minimum absolute atomic E-state index is 0.292. The molecule has 0 atom stereocenters. The predicted octanol–water partition coefficient (Wildman–Crippen LogP) is 2.85. The molecule has 1 N–H and O–H groups in total. The molecule has 1 aliphatic heterocycles. The lowest BCUT2D eigenvalue weighted by molar-refractivity contribution is 0.240. The Hall–Kier alpha value is -2.01. The zero-order chi connectivity index (χ0) is 16.2. The van der Waals surface area contributed by atoms with Gasteiger partial charge >= 0.3 is 0 Å². The second-order valence-electron chi connectivity index (χ2n) is 6.00. The van der Waals surface area contributed by atoms with Crippen LogP contribution in [0.25, 0.3) is 10.9 Å². The standard InChI is InChI=1S/C18H24N2O3/c1-22-17-11-14-15(12-18(17)23-2)19-7-3-16(14)20-8-4-13(5-9-20)6-10-21/h3,7,11-13,21H,4-6,8-10H2,1-2H3. The van der Waals surface area contributed by atoms with Gasteiger partial charge in [0.1, 0.15) is 0 Å². The van der Waals surface area contributed by atoms with Crippen LogP contribution >= 0.6 is 0 Å². The fourth-order valence-corrected chi connectivity index (χ4v) is 3.38. The lowest BCUT2D eigenvalue weighted by Gasteiger charge is -2.34. The predicted molar refractivity (Wildman–Crippen MR) is 91.5 cm³/mol. The summed E-state index contributed by atoms with van der Waals surface area (Å²) in [5.74, 6) is 2.06. The van der Waals surface area contributed by atoms with E-state index in [0.29, 0.717) is 18.3 Å². The summed E-state index contributed by atoms with van der Waals surface area (Å²) in [6.07, 6.45) is 5.01. The monoisotopic (exact) mass is 316 g/mol. The Bertz CT molecular complexity index is 667. The van der Waals surface area contributed by atoms with E-state index in [1.54, 1.807) is 14.2 Å². The molecule has 0 saturated carbocycles. The first-order chi connectivity index (χ1) is 11.3. The maximum absolute atomic E-state index is 9.10. The quantitative estimate of drug-likeness (QED) is 0.919. The van der Waals surface area contributed by atoms with Crippen LogP contribution in [0.15, 0.2) is 24.4 Å². The van der Waals surface area contributed by atoms with Crippen molar-refractivity contribution in [2.24, 2.45) is 5.92 Å². The zero-order valence-corrected chi connectivity index (χ0v) is 13.8. The number of benzene rings is 1. The number of rotatable bonds is 5. The summed E-state index contributed by atoms with van der Waals surface area (Å²) in [6, 6.07) is 6.01. The fourth-order valence-electron chi connectivity index (χ4n) is 3.38. The Morgan fingerprint density at radius 3 is 2.52 bits per heavy atom. The topological polar surface area (TPSA) is 54.8 Å². The Labute approximate surface area is 136 Å². The molecule has 0 unspecified atom stereocenters. The summed E-state index contributed by atoms with van der Waals surface area (Å²) < 4.78 is 10.8. The average Bonchev–Trinajstić information content (AvgIpc) is 2.61. The molecular formula is C18H24N2O3. The van der Waals surface area contributed by atoms with E-state index in [1.165, 1.54) is 5.69 Å². The van der Waals surface area contributed by atoms with Gasteiger partial charge in [-0.1, -0.05) is 0 Å². The largest absolute Gasteiger partial charge is 0.493 e. The third-order valence-electron chi connectivity index (χ3n) is 4.72. The van der Waals surface area contributed by atoms with Crippen molar-refractivity contribution in [2.75, 3.05) is 38.8 Å². The van der Waals surface area contributed by atoms with E-state index < -0.39 is 0 Å². The number of hydrogen-bond donors (Lipinski definition) is 1. The molecule has 1 aromatic heterocycles. The van der Waals surface area contributed by atoms with Gasteiger partial charge in [0.25, 0.3) is 0 Å². The van der Waals surface area contributed by atoms with Crippen molar-refractivity contribution in [3.8, 4) is 11.5 Å². The smallest absolute Gasteiger partial charge is 0.162 e. The molecule has 5 heteroatoms. The van der Waals surface area contributed by atoms with Crippen molar-refractivity contribution in [3.05, 3.63) is 24.4 Å². The zero-order valence-electron chi connectivity index (χ0n) is 13.8. The summed E-state index contributed by atoms with van der Waals surface area (Å²) in [5.41, 5.74) is 2.11. The molecule has 0 bridgehead atoms. The van der Waals surface area contributed by atoms with Gasteiger partial charge in [-0.15, -0.1) is 0 Å². The molecule has 0 radical (unpaired) electrons. The van der Waals surface area contributed by atoms with E-state index in [0.717, 1.165) is 49.0 Å². The van der Waals surface area contributed by atoms with Crippen LogP contribution in [0, 0.1) is 5.92 Å². The van der Waals surface area contributed by atoms with E-state index >= 15 is 0 Å². The van der Waals surface area contributed by atoms with Gasteiger partial charge in [0.05, 0.1) is 19.7 Å². The molecule has 1 aromatic carbocycles. The van der Waals surface area contributed by atoms with Gasteiger partial charge in [-0.3, -0.25) is 4.98 Å². The number of aliphatic hydroxyl groups is 1. The Kier molecular flexibility index (Phi) is 4.86. The van der Waals surface area contributed by atoms with Gasteiger partial charge in [-0.2, -0.15) is 0 Å². The van der Waals surface area contributed by atoms with Crippen molar-refractivity contribution < 1.29 is 14.6 Å². The minimum Gasteiger partial charge on any atom is -0.493 e. The van der Waals surface area contributed by atoms with Gasteiger partial charge in [0.2, 0.25) is 0 Å². The second kappa shape index (κ2) is 7.04. The van der Waals surface area contributed by atoms with Crippen LogP contribution in [0.1, 0.15) is 19.3 Å². The van der Waals surface area contributed by atoms with Gasteiger partial charge < -0.3 is 19.5 Å². The van der Waals surface area contributed by atoms with Crippen LogP contribution in [0.3, 0.4) is 0 Å². The number of piperidine rings is 1. The number of methoxy groups -OCH3 is 2.